The van der Waals surface area contributed by atoms with Crippen LogP contribution in [0.15, 0.2) is 59.5 Å². The van der Waals surface area contributed by atoms with E-state index in [4.69, 9.17) is 25.1 Å². The molecule has 2 aliphatic heterocycles. The smallest absolute Gasteiger partial charge is 0.407 e. The van der Waals surface area contributed by atoms with Crippen molar-refractivity contribution in [1.82, 2.24) is 9.62 Å². The summed E-state index contributed by atoms with van der Waals surface area (Å²) >= 11 is 0. The molecule has 11 nitrogen and oxygen atoms in total. The third-order valence-electron chi connectivity index (χ3n) is 6.79. The van der Waals surface area contributed by atoms with E-state index >= 15 is 0 Å². The number of nitrogens with zero attached hydrogens (tertiary/aromatic N) is 1. The Morgan fingerprint density at radius 3 is 2.41 bits per heavy atom. The van der Waals surface area contributed by atoms with Gasteiger partial charge in [0, 0.05) is 25.4 Å². The molecule has 4 rings (SSSR count). The first-order valence-corrected chi connectivity index (χ1v) is 15.4. The fourth-order valence-electron chi connectivity index (χ4n) is 4.82. The Labute approximate surface area is 242 Å². The van der Waals surface area contributed by atoms with Gasteiger partial charge in [-0.3, -0.25) is 0 Å². The highest BCUT2D eigenvalue weighted by Gasteiger charge is 2.44. The molecule has 0 spiro atoms. The van der Waals surface area contributed by atoms with Gasteiger partial charge in [-0.05, 0) is 55.5 Å². The van der Waals surface area contributed by atoms with Crippen LogP contribution >= 0.6 is 0 Å². The lowest BCUT2D eigenvalue weighted by Crippen LogP contribution is -2.51. The molecule has 2 saturated heterocycles. The molecule has 41 heavy (non-hydrogen) atoms. The molecule has 228 valence electrons. The molecule has 2 aromatic rings. The summed E-state index contributed by atoms with van der Waals surface area (Å²) in [7, 11) is -3.93. The lowest BCUT2D eigenvalue weighted by atomic mass is 10.0. The average Bonchev–Trinajstić information content (AvgIpc) is 3.54. The highest BCUT2D eigenvalue weighted by Crippen LogP contribution is 2.33. The van der Waals surface area contributed by atoms with Gasteiger partial charge in [0.2, 0.25) is 10.0 Å². The fraction of sp³-hybridized carbons (Fsp3) is 0.552. The van der Waals surface area contributed by atoms with Gasteiger partial charge in [0.1, 0.15) is 6.10 Å². The molecule has 2 aliphatic rings. The third kappa shape index (κ3) is 9.38. The Kier molecular flexibility index (Phi) is 12.4. The normalized spacial score (nSPS) is 21.6. The Balaban J connectivity index is 0.00000147. The number of fused-ring (bicyclic) bond motifs is 1. The van der Waals surface area contributed by atoms with Gasteiger partial charge in [0.25, 0.3) is 0 Å². The number of anilines is 1. The van der Waals surface area contributed by atoms with Crippen LogP contribution in [0.4, 0.5) is 10.5 Å². The van der Waals surface area contributed by atoms with E-state index in [0.717, 1.165) is 12.0 Å². The largest absolute Gasteiger partial charge is 0.443 e. The number of amides is 1. The average molecular weight is 594 g/mol. The van der Waals surface area contributed by atoms with Crippen molar-refractivity contribution in [2.75, 3.05) is 38.6 Å². The molecule has 0 unspecified atom stereocenters. The topological polar surface area (TPSA) is 161 Å². The molecule has 0 saturated carbocycles. The number of nitrogens with two attached hydrogens (primary N) is 1. The summed E-state index contributed by atoms with van der Waals surface area (Å²) in [6.07, 6.45) is -1.69. The number of benzene rings is 2. The van der Waals surface area contributed by atoms with E-state index in [0.29, 0.717) is 12.3 Å². The Morgan fingerprint density at radius 1 is 1.12 bits per heavy atom. The summed E-state index contributed by atoms with van der Waals surface area (Å²) < 4.78 is 44.9. The van der Waals surface area contributed by atoms with Crippen molar-refractivity contribution in [2.45, 2.75) is 63.0 Å². The summed E-state index contributed by atoms with van der Waals surface area (Å²) in [6, 6.07) is 14.5. The second-order valence-corrected chi connectivity index (χ2v) is 12.5. The number of alkyl carbamates (subject to hydrolysis) is 1. The van der Waals surface area contributed by atoms with Crippen LogP contribution in [0, 0.1) is 11.8 Å². The number of aliphatic hydroxyl groups excluding tert-OH is 2. The number of sulfonamides is 1. The Morgan fingerprint density at radius 2 is 1.78 bits per heavy atom. The number of ether oxygens (including phenoxy) is 3. The van der Waals surface area contributed by atoms with Crippen LogP contribution < -0.4 is 11.1 Å². The summed E-state index contributed by atoms with van der Waals surface area (Å²) in [5, 5.41) is 21.7. The van der Waals surface area contributed by atoms with Gasteiger partial charge in [-0.1, -0.05) is 44.2 Å². The maximum absolute atomic E-state index is 13.5. The van der Waals surface area contributed by atoms with E-state index in [9.17, 15) is 18.3 Å². The minimum absolute atomic E-state index is 0.000183. The number of hydrogen-bond donors (Lipinski definition) is 4. The Hall–Kier alpha value is -2.74. The monoisotopic (exact) mass is 593 g/mol. The van der Waals surface area contributed by atoms with Crippen LogP contribution in [0.1, 0.15) is 32.8 Å². The highest BCUT2D eigenvalue weighted by molar-refractivity contribution is 7.89. The van der Waals surface area contributed by atoms with Gasteiger partial charge in [0.15, 0.2) is 6.29 Å². The molecule has 5 N–H and O–H groups in total. The van der Waals surface area contributed by atoms with Crippen molar-refractivity contribution in [3.05, 3.63) is 60.2 Å². The summed E-state index contributed by atoms with van der Waals surface area (Å²) in [5.74, 6) is -0.0231. The standard InChI is InChI=1S/C27H37N3O7S.C2H6O/c1-18(2)15-30(38(33,34)21-10-8-20(28)9-11-21)16-24(31)23(14-19-6-4-3-5-7-19)29-27(32)37-25-17-36-26-22(25)12-13-35-26;1-2-3/h3-11,18,22-26,31H,12-17,28H2,1-2H3,(H,29,32);3H,2H2,1H3/t22-,23-,24+,25-,26+;/m0./s1. The molecule has 12 heteroatoms. The molecule has 0 aromatic heterocycles. The number of nitrogens with one attached hydrogen (secondary N) is 1. The van der Waals surface area contributed by atoms with Crippen LogP contribution in [0.5, 0.6) is 0 Å². The van der Waals surface area contributed by atoms with Gasteiger partial charge in [-0.2, -0.15) is 4.31 Å². The van der Waals surface area contributed by atoms with Crippen molar-refractivity contribution in [1.29, 1.82) is 0 Å². The number of hydrogen-bond acceptors (Lipinski definition) is 9. The first kappa shape index (κ1) is 32.8. The van der Waals surface area contributed by atoms with E-state index in [1.54, 1.807) is 6.92 Å². The Bertz CT molecular complexity index is 1180. The SMILES string of the molecule is CC(C)CN(C[C@@H](O)[C@H](Cc1ccccc1)NC(=O)O[C@H]1CO[C@H]2OCC[C@H]21)S(=O)(=O)c1ccc(N)cc1.CCO. The zero-order valence-corrected chi connectivity index (χ0v) is 24.7. The second kappa shape index (κ2) is 15.5. The van der Waals surface area contributed by atoms with Crippen LogP contribution in [0.25, 0.3) is 0 Å². The number of carbonyl (C=O) groups is 1. The zero-order chi connectivity index (χ0) is 30.0. The van der Waals surface area contributed by atoms with Gasteiger partial charge in [-0.25, -0.2) is 13.2 Å². The molecule has 0 bridgehead atoms. The maximum Gasteiger partial charge on any atom is 0.407 e. The molecular weight excluding hydrogens is 550 g/mol. The third-order valence-corrected chi connectivity index (χ3v) is 8.63. The molecule has 2 fully saturated rings. The lowest BCUT2D eigenvalue weighted by molar-refractivity contribution is -0.0907. The van der Waals surface area contributed by atoms with Crippen molar-refractivity contribution >= 4 is 21.8 Å². The molecule has 2 heterocycles. The minimum Gasteiger partial charge on any atom is -0.443 e. The molecule has 5 atom stereocenters. The van der Waals surface area contributed by atoms with E-state index in [-0.39, 0.29) is 55.7 Å². The lowest BCUT2D eigenvalue weighted by Gasteiger charge is -2.31. The predicted molar refractivity (Wildman–Crippen MR) is 154 cm³/mol. The number of carbonyl (C=O) groups excluding carboxylic acids is 1. The number of nitrogen functional groups attached to an aromatic ring is 1. The first-order chi connectivity index (χ1) is 19.5. The maximum atomic E-state index is 13.5. The van der Waals surface area contributed by atoms with Crippen LogP contribution in [0.3, 0.4) is 0 Å². The van der Waals surface area contributed by atoms with Crippen molar-refractivity contribution in [3.63, 3.8) is 0 Å². The molecule has 0 radical (unpaired) electrons. The van der Waals surface area contributed by atoms with Crippen molar-refractivity contribution < 1.29 is 37.6 Å². The zero-order valence-electron chi connectivity index (χ0n) is 23.9. The molecule has 1 amide bonds. The predicted octanol–water partition coefficient (Wildman–Crippen LogP) is 2.37. The van der Waals surface area contributed by atoms with Crippen LogP contribution in [-0.4, -0.2) is 86.5 Å². The van der Waals surface area contributed by atoms with E-state index < -0.39 is 34.4 Å². The minimum atomic E-state index is -3.93. The first-order valence-electron chi connectivity index (χ1n) is 13.9. The number of rotatable bonds is 11. The summed E-state index contributed by atoms with van der Waals surface area (Å²) in [4.78, 5) is 13.0. The molecular formula is C29H43N3O8S. The van der Waals surface area contributed by atoms with Gasteiger partial charge >= 0.3 is 6.09 Å². The van der Waals surface area contributed by atoms with Crippen LogP contribution in [0.2, 0.25) is 0 Å². The van der Waals surface area contributed by atoms with Gasteiger partial charge in [-0.15, -0.1) is 0 Å². The summed E-state index contributed by atoms with van der Waals surface area (Å²) in [5.41, 5.74) is 7.07. The number of aliphatic hydroxyl groups is 2. The summed E-state index contributed by atoms with van der Waals surface area (Å²) in [6.45, 7) is 6.51. The van der Waals surface area contributed by atoms with Crippen molar-refractivity contribution in [2.24, 2.45) is 11.8 Å². The molecule has 0 aliphatic carbocycles. The van der Waals surface area contributed by atoms with Gasteiger partial charge < -0.3 is 35.5 Å². The second-order valence-electron chi connectivity index (χ2n) is 10.6. The highest BCUT2D eigenvalue weighted by atomic mass is 32.2. The molecule has 2 aromatic carbocycles. The van der Waals surface area contributed by atoms with E-state index in [1.807, 2.05) is 44.2 Å². The van der Waals surface area contributed by atoms with Gasteiger partial charge in [0.05, 0.1) is 36.2 Å². The van der Waals surface area contributed by atoms with Crippen molar-refractivity contribution in [3.8, 4) is 0 Å². The quantitative estimate of drug-likeness (QED) is 0.287. The van der Waals surface area contributed by atoms with Crippen LogP contribution in [-0.2, 0) is 30.7 Å². The fourth-order valence-corrected chi connectivity index (χ4v) is 6.45. The van der Waals surface area contributed by atoms with E-state index in [1.165, 1.54) is 28.6 Å². The van der Waals surface area contributed by atoms with E-state index in [2.05, 4.69) is 5.32 Å².